The first kappa shape index (κ1) is 20.9. The number of fused-ring (bicyclic) bond motifs is 1. The molecule has 1 atom stereocenters. The van der Waals surface area contributed by atoms with E-state index >= 15 is 0 Å². The maximum atomic E-state index is 13.6. The summed E-state index contributed by atoms with van der Waals surface area (Å²) >= 11 is 1.26. The first-order valence-electron chi connectivity index (χ1n) is 9.91. The molecule has 1 aliphatic rings. The monoisotopic (exact) mass is 436 g/mol. The lowest BCUT2D eigenvalue weighted by molar-refractivity contribution is -0.139. The van der Waals surface area contributed by atoms with Crippen LogP contribution in [0, 0.1) is 12.7 Å². The average molecular weight is 437 g/mol. The summed E-state index contributed by atoms with van der Waals surface area (Å²) in [4.78, 5) is 31.2. The summed E-state index contributed by atoms with van der Waals surface area (Å²) in [5.74, 6) is -0.931. The molecule has 2 aromatic carbocycles. The Bertz CT molecular complexity index is 1350. The van der Waals surface area contributed by atoms with E-state index in [1.807, 2.05) is 37.3 Å². The number of rotatable bonds is 4. The average Bonchev–Trinajstić information content (AvgIpc) is 3.04. The van der Waals surface area contributed by atoms with Crippen molar-refractivity contribution in [3.8, 4) is 0 Å². The number of hydrogen-bond acceptors (Lipinski definition) is 5. The van der Waals surface area contributed by atoms with Crippen molar-refractivity contribution in [2.75, 3.05) is 6.61 Å². The van der Waals surface area contributed by atoms with E-state index in [0.717, 1.165) is 11.1 Å². The lowest BCUT2D eigenvalue weighted by Crippen LogP contribution is -2.39. The summed E-state index contributed by atoms with van der Waals surface area (Å²) in [7, 11) is 0. The number of esters is 1. The van der Waals surface area contributed by atoms with Gasteiger partial charge in [-0.05, 0) is 50.1 Å². The van der Waals surface area contributed by atoms with E-state index < -0.39 is 17.8 Å². The van der Waals surface area contributed by atoms with E-state index in [9.17, 15) is 14.0 Å². The maximum absolute atomic E-state index is 13.6. The van der Waals surface area contributed by atoms with E-state index in [4.69, 9.17) is 4.74 Å². The molecule has 0 aliphatic carbocycles. The molecule has 1 unspecified atom stereocenters. The molecule has 5 nitrogen and oxygen atoms in total. The molecule has 7 heteroatoms. The minimum Gasteiger partial charge on any atom is -0.463 e. The molecule has 0 bridgehead atoms. The molecule has 0 N–H and O–H groups in total. The number of carbonyl (C=O) groups is 1. The molecular weight excluding hydrogens is 415 g/mol. The summed E-state index contributed by atoms with van der Waals surface area (Å²) in [5.41, 5.74) is 3.15. The Balaban J connectivity index is 1.94. The highest BCUT2D eigenvalue weighted by Gasteiger charge is 2.33. The van der Waals surface area contributed by atoms with Gasteiger partial charge in [-0.1, -0.05) is 53.3 Å². The number of nitrogens with zero attached hydrogens (tertiary/aromatic N) is 2. The molecule has 0 saturated carbocycles. The van der Waals surface area contributed by atoms with Crippen molar-refractivity contribution in [3.63, 3.8) is 0 Å². The minimum atomic E-state index is -0.740. The van der Waals surface area contributed by atoms with Crippen molar-refractivity contribution in [1.82, 2.24) is 4.57 Å². The van der Waals surface area contributed by atoms with Gasteiger partial charge in [-0.25, -0.2) is 14.2 Å². The van der Waals surface area contributed by atoms with Crippen LogP contribution in [-0.4, -0.2) is 17.1 Å². The van der Waals surface area contributed by atoms with Crippen molar-refractivity contribution in [2.45, 2.75) is 26.8 Å². The number of halogens is 1. The Hall–Kier alpha value is -3.32. The van der Waals surface area contributed by atoms with Crippen LogP contribution in [0.2, 0.25) is 0 Å². The van der Waals surface area contributed by atoms with Crippen LogP contribution in [0.5, 0.6) is 0 Å². The maximum Gasteiger partial charge on any atom is 0.338 e. The fourth-order valence-corrected chi connectivity index (χ4v) is 4.61. The van der Waals surface area contributed by atoms with Gasteiger partial charge in [-0.15, -0.1) is 0 Å². The van der Waals surface area contributed by atoms with E-state index in [0.29, 0.717) is 20.6 Å². The molecule has 4 rings (SSSR count). The lowest BCUT2D eigenvalue weighted by Gasteiger charge is -2.24. The quantitative estimate of drug-likeness (QED) is 0.590. The van der Waals surface area contributed by atoms with Gasteiger partial charge in [0.05, 0.1) is 28.5 Å². The first-order chi connectivity index (χ1) is 14.9. The highest BCUT2D eigenvalue weighted by atomic mass is 32.1. The number of thiazole rings is 1. The van der Waals surface area contributed by atoms with Gasteiger partial charge in [0.15, 0.2) is 4.80 Å². The Kier molecular flexibility index (Phi) is 5.69. The van der Waals surface area contributed by atoms with Crippen molar-refractivity contribution in [2.24, 2.45) is 4.99 Å². The molecule has 31 heavy (non-hydrogen) atoms. The second kappa shape index (κ2) is 8.43. The Morgan fingerprint density at radius 2 is 1.84 bits per heavy atom. The van der Waals surface area contributed by atoms with Crippen LogP contribution >= 0.6 is 11.3 Å². The van der Waals surface area contributed by atoms with Crippen molar-refractivity contribution < 1.29 is 13.9 Å². The molecule has 0 spiro atoms. The van der Waals surface area contributed by atoms with E-state index in [-0.39, 0.29) is 17.7 Å². The largest absolute Gasteiger partial charge is 0.463 e. The van der Waals surface area contributed by atoms with Gasteiger partial charge >= 0.3 is 5.97 Å². The number of carbonyl (C=O) groups excluding carboxylic acids is 1. The standard InChI is InChI=1S/C24H21FN2O3S/c1-4-30-23(29)20-15(3)26-24-27(21(20)17-9-11-18(25)12-10-17)22(28)19(31-24)13-16-7-5-14(2)6-8-16/h5-13,21H,4H2,1-3H3/b19-13-. The zero-order valence-corrected chi connectivity index (χ0v) is 18.2. The van der Waals surface area contributed by atoms with Gasteiger partial charge in [0.25, 0.3) is 5.56 Å². The second-order valence-corrected chi connectivity index (χ2v) is 8.27. The second-order valence-electron chi connectivity index (χ2n) is 7.26. The first-order valence-corrected chi connectivity index (χ1v) is 10.7. The molecule has 0 amide bonds. The number of allylic oxidation sites excluding steroid dienone is 1. The van der Waals surface area contributed by atoms with Crippen LogP contribution in [0.25, 0.3) is 6.08 Å². The summed E-state index contributed by atoms with van der Waals surface area (Å²) in [5, 5.41) is 0. The van der Waals surface area contributed by atoms with Crippen LogP contribution in [0.1, 0.15) is 36.6 Å². The molecule has 0 saturated heterocycles. The van der Waals surface area contributed by atoms with Gasteiger partial charge in [0.1, 0.15) is 5.82 Å². The third-order valence-electron chi connectivity index (χ3n) is 5.08. The highest BCUT2D eigenvalue weighted by Crippen LogP contribution is 2.30. The molecule has 158 valence electrons. The number of aryl methyl sites for hydroxylation is 1. The Labute approximate surface area is 182 Å². The molecule has 1 aromatic heterocycles. The number of benzene rings is 2. The van der Waals surface area contributed by atoms with Gasteiger partial charge in [0.2, 0.25) is 0 Å². The third kappa shape index (κ3) is 4.01. The Morgan fingerprint density at radius 3 is 2.48 bits per heavy atom. The van der Waals surface area contributed by atoms with Crippen molar-refractivity contribution in [1.29, 1.82) is 0 Å². The van der Waals surface area contributed by atoms with Gasteiger partial charge in [0, 0.05) is 0 Å². The number of aromatic nitrogens is 1. The number of ether oxygens (including phenoxy) is 1. The smallest absolute Gasteiger partial charge is 0.338 e. The molecule has 1 aliphatic heterocycles. The fraction of sp³-hybridized carbons (Fsp3) is 0.208. The van der Waals surface area contributed by atoms with Crippen LogP contribution in [0.15, 0.2) is 69.6 Å². The fourth-order valence-electron chi connectivity index (χ4n) is 3.57. The van der Waals surface area contributed by atoms with E-state index in [2.05, 4.69) is 4.99 Å². The van der Waals surface area contributed by atoms with E-state index in [1.54, 1.807) is 26.0 Å². The minimum absolute atomic E-state index is 0.198. The normalized spacial score (nSPS) is 16.1. The SMILES string of the molecule is CCOC(=O)C1=C(C)N=c2s/c(=C\c3ccc(C)cc3)c(=O)n2C1c1ccc(F)cc1. The third-order valence-corrected chi connectivity index (χ3v) is 6.06. The van der Waals surface area contributed by atoms with Crippen molar-refractivity contribution in [3.05, 3.63) is 102 Å². The summed E-state index contributed by atoms with van der Waals surface area (Å²) in [6.45, 7) is 5.64. The summed E-state index contributed by atoms with van der Waals surface area (Å²) < 4.78 is 20.8. The van der Waals surface area contributed by atoms with Crippen LogP contribution < -0.4 is 14.9 Å². The summed E-state index contributed by atoms with van der Waals surface area (Å²) in [6.07, 6.45) is 1.81. The zero-order valence-electron chi connectivity index (χ0n) is 17.4. The van der Waals surface area contributed by atoms with Gasteiger partial charge in [-0.3, -0.25) is 9.36 Å². The van der Waals surface area contributed by atoms with E-state index in [1.165, 1.54) is 28.0 Å². The number of hydrogen-bond donors (Lipinski definition) is 0. The zero-order chi connectivity index (χ0) is 22.1. The predicted octanol–water partition coefficient (Wildman–Crippen LogP) is 3.25. The lowest BCUT2D eigenvalue weighted by atomic mass is 9.96. The van der Waals surface area contributed by atoms with Crippen LogP contribution in [-0.2, 0) is 9.53 Å². The highest BCUT2D eigenvalue weighted by molar-refractivity contribution is 7.07. The van der Waals surface area contributed by atoms with Gasteiger partial charge in [-0.2, -0.15) is 0 Å². The molecule has 0 radical (unpaired) electrons. The predicted molar refractivity (Wildman–Crippen MR) is 118 cm³/mol. The van der Waals surface area contributed by atoms with Crippen molar-refractivity contribution >= 4 is 23.4 Å². The van der Waals surface area contributed by atoms with Gasteiger partial charge < -0.3 is 4.74 Å². The summed E-state index contributed by atoms with van der Waals surface area (Å²) in [6, 6.07) is 12.9. The molecular formula is C24H21FN2O3S. The molecule has 0 fully saturated rings. The topological polar surface area (TPSA) is 60.7 Å². The van der Waals surface area contributed by atoms with Crippen LogP contribution in [0.3, 0.4) is 0 Å². The molecule has 3 aromatic rings. The van der Waals surface area contributed by atoms with Crippen LogP contribution in [0.4, 0.5) is 4.39 Å². The Morgan fingerprint density at radius 1 is 1.16 bits per heavy atom. The molecule has 2 heterocycles.